The lowest BCUT2D eigenvalue weighted by molar-refractivity contribution is 0.191. The number of ether oxygens (including phenoxy) is 2. The van der Waals surface area contributed by atoms with Crippen LogP contribution in [0, 0.1) is 0 Å². The van der Waals surface area contributed by atoms with E-state index in [2.05, 4.69) is 15.5 Å². The van der Waals surface area contributed by atoms with Gasteiger partial charge in [-0.2, -0.15) is 4.98 Å². The second-order valence-electron chi connectivity index (χ2n) is 4.88. The van der Waals surface area contributed by atoms with E-state index in [1.807, 2.05) is 6.07 Å². The molecule has 1 saturated heterocycles. The molecule has 0 aliphatic carbocycles. The van der Waals surface area contributed by atoms with Gasteiger partial charge in [-0.25, -0.2) is 0 Å². The SMILES string of the molecule is COc1ccc(-c2noc(C3CC(O)CN3)n2)cc1OC. The summed E-state index contributed by atoms with van der Waals surface area (Å²) in [7, 11) is 3.16. The highest BCUT2D eigenvalue weighted by Crippen LogP contribution is 2.32. The van der Waals surface area contributed by atoms with Crippen LogP contribution in [0.1, 0.15) is 18.4 Å². The van der Waals surface area contributed by atoms with Crippen LogP contribution < -0.4 is 14.8 Å². The fourth-order valence-electron chi connectivity index (χ4n) is 2.37. The Hall–Kier alpha value is -2.12. The number of benzene rings is 1. The van der Waals surface area contributed by atoms with Crippen LogP contribution in [0.2, 0.25) is 0 Å². The molecule has 7 nitrogen and oxygen atoms in total. The van der Waals surface area contributed by atoms with Crippen LogP contribution in [0.4, 0.5) is 0 Å². The van der Waals surface area contributed by atoms with Crippen LogP contribution >= 0.6 is 0 Å². The normalized spacial score (nSPS) is 21.5. The summed E-state index contributed by atoms with van der Waals surface area (Å²) >= 11 is 0. The summed E-state index contributed by atoms with van der Waals surface area (Å²) in [5, 5.41) is 16.6. The number of rotatable bonds is 4. The molecule has 0 amide bonds. The van der Waals surface area contributed by atoms with Crippen molar-refractivity contribution in [2.24, 2.45) is 0 Å². The molecule has 0 radical (unpaired) electrons. The van der Waals surface area contributed by atoms with Crippen molar-refractivity contribution in [2.45, 2.75) is 18.6 Å². The topological polar surface area (TPSA) is 89.6 Å². The standard InChI is InChI=1S/C14H17N3O4/c1-19-11-4-3-8(5-12(11)20-2)13-16-14(21-17-13)10-6-9(18)7-15-10/h3-5,9-10,15,18H,6-7H2,1-2H3. The van der Waals surface area contributed by atoms with Crippen molar-refractivity contribution in [1.82, 2.24) is 15.5 Å². The Balaban J connectivity index is 1.86. The van der Waals surface area contributed by atoms with E-state index in [1.54, 1.807) is 26.4 Å². The van der Waals surface area contributed by atoms with E-state index in [0.29, 0.717) is 36.2 Å². The number of nitrogens with one attached hydrogen (secondary N) is 1. The molecule has 2 heterocycles. The van der Waals surface area contributed by atoms with Crippen molar-refractivity contribution in [3.63, 3.8) is 0 Å². The van der Waals surface area contributed by atoms with Crippen molar-refractivity contribution in [3.8, 4) is 22.9 Å². The van der Waals surface area contributed by atoms with Gasteiger partial charge in [-0.15, -0.1) is 0 Å². The molecule has 0 saturated carbocycles. The predicted octanol–water partition coefficient (Wildman–Crippen LogP) is 1.15. The summed E-state index contributed by atoms with van der Waals surface area (Å²) in [6.45, 7) is 0.540. The van der Waals surface area contributed by atoms with Crippen molar-refractivity contribution in [3.05, 3.63) is 24.1 Å². The van der Waals surface area contributed by atoms with Crippen LogP contribution in [0.3, 0.4) is 0 Å². The van der Waals surface area contributed by atoms with Gasteiger partial charge in [0, 0.05) is 12.1 Å². The molecule has 7 heteroatoms. The maximum absolute atomic E-state index is 9.53. The van der Waals surface area contributed by atoms with Gasteiger partial charge in [0.25, 0.3) is 0 Å². The van der Waals surface area contributed by atoms with Gasteiger partial charge in [0.05, 0.1) is 26.4 Å². The van der Waals surface area contributed by atoms with E-state index < -0.39 is 0 Å². The minimum absolute atomic E-state index is 0.0959. The van der Waals surface area contributed by atoms with E-state index in [9.17, 15) is 5.11 Å². The highest BCUT2D eigenvalue weighted by molar-refractivity contribution is 5.60. The first-order valence-corrected chi connectivity index (χ1v) is 6.68. The summed E-state index contributed by atoms with van der Waals surface area (Å²) in [5.41, 5.74) is 0.779. The number of methoxy groups -OCH3 is 2. The van der Waals surface area contributed by atoms with Crippen LogP contribution in [-0.2, 0) is 0 Å². The molecule has 21 heavy (non-hydrogen) atoms. The Morgan fingerprint density at radius 2 is 2.10 bits per heavy atom. The van der Waals surface area contributed by atoms with E-state index in [-0.39, 0.29) is 12.1 Å². The van der Waals surface area contributed by atoms with Crippen molar-refractivity contribution < 1.29 is 19.1 Å². The fraction of sp³-hybridized carbons (Fsp3) is 0.429. The Kier molecular flexibility index (Phi) is 3.76. The lowest BCUT2D eigenvalue weighted by Gasteiger charge is -2.07. The molecule has 1 aromatic carbocycles. The molecule has 2 N–H and O–H groups in total. The minimum Gasteiger partial charge on any atom is -0.493 e. The zero-order valence-corrected chi connectivity index (χ0v) is 11.9. The molecular weight excluding hydrogens is 274 g/mol. The molecule has 112 valence electrons. The van der Waals surface area contributed by atoms with Gasteiger partial charge in [0.1, 0.15) is 0 Å². The van der Waals surface area contributed by atoms with Crippen molar-refractivity contribution in [1.29, 1.82) is 0 Å². The number of aromatic nitrogens is 2. The highest BCUT2D eigenvalue weighted by atomic mass is 16.5. The van der Waals surface area contributed by atoms with Crippen molar-refractivity contribution >= 4 is 0 Å². The summed E-state index contributed by atoms with van der Waals surface area (Å²) in [6.07, 6.45) is 0.208. The first-order chi connectivity index (χ1) is 10.2. The molecule has 1 aliphatic heterocycles. The predicted molar refractivity (Wildman–Crippen MR) is 74.2 cm³/mol. The maximum Gasteiger partial charge on any atom is 0.244 e. The molecule has 2 aromatic rings. The van der Waals surface area contributed by atoms with E-state index >= 15 is 0 Å². The Labute approximate surface area is 121 Å². The zero-order chi connectivity index (χ0) is 14.8. The van der Waals surface area contributed by atoms with Gasteiger partial charge >= 0.3 is 0 Å². The molecule has 0 spiro atoms. The number of aliphatic hydroxyl groups excluding tert-OH is 1. The van der Waals surface area contributed by atoms with Gasteiger partial charge in [-0.05, 0) is 24.6 Å². The largest absolute Gasteiger partial charge is 0.493 e. The zero-order valence-electron chi connectivity index (χ0n) is 11.9. The minimum atomic E-state index is -0.369. The molecule has 2 atom stereocenters. The molecule has 1 aromatic heterocycles. The summed E-state index contributed by atoms with van der Waals surface area (Å²) in [6, 6.07) is 5.33. The number of nitrogens with zero attached hydrogens (tertiary/aromatic N) is 2. The van der Waals surface area contributed by atoms with Crippen LogP contribution in [0.25, 0.3) is 11.4 Å². The number of β-amino-alcohol motifs (C(OH)–C–C–N with tert-alkyl or cyclic N) is 1. The van der Waals surface area contributed by atoms with E-state index in [0.717, 1.165) is 5.56 Å². The third-order valence-electron chi connectivity index (χ3n) is 3.49. The van der Waals surface area contributed by atoms with Crippen LogP contribution in [0.5, 0.6) is 11.5 Å². The first-order valence-electron chi connectivity index (χ1n) is 6.68. The second kappa shape index (κ2) is 5.71. The van der Waals surface area contributed by atoms with Gasteiger partial charge in [-0.3, -0.25) is 0 Å². The van der Waals surface area contributed by atoms with Crippen LogP contribution in [-0.4, -0.2) is 42.1 Å². The third-order valence-corrected chi connectivity index (χ3v) is 3.49. The van der Waals surface area contributed by atoms with E-state index in [1.165, 1.54) is 0 Å². The quantitative estimate of drug-likeness (QED) is 0.873. The van der Waals surface area contributed by atoms with E-state index in [4.69, 9.17) is 14.0 Å². The smallest absolute Gasteiger partial charge is 0.244 e. The van der Waals surface area contributed by atoms with Crippen LogP contribution in [0.15, 0.2) is 22.7 Å². The van der Waals surface area contributed by atoms with Gasteiger partial charge < -0.3 is 24.4 Å². The summed E-state index contributed by atoms with van der Waals surface area (Å²) in [4.78, 5) is 4.38. The first kappa shape index (κ1) is 13.8. The van der Waals surface area contributed by atoms with Gasteiger partial charge in [-0.1, -0.05) is 5.16 Å². The number of aliphatic hydroxyl groups is 1. The lowest BCUT2D eigenvalue weighted by atomic mass is 10.2. The average Bonchev–Trinajstić information content (AvgIpc) is 3.15. The molecule has 0 bridgehead atoms. The molecule has 1 aliphatic rings. The molecule has 2 unspecified atom stereocenters. The molecule has 1 fully saturated rings. The summed E-state index contributed by atoms with van der Waals surface area (Å²) < 4.78 is 15.7. The third kappa shape index (κ3) is 2.70. The van der Waals surface area contributed by atoms with Gasteiger partial charge in [0.15, 0.2) is 11.5 Å². The molecule has 3 rings (SSSR count). The van der Waals surface area contributed by atoms with Crippen molar-refractivity contribution in [2.75, 3.05) is 20.8 Å². The fourth-order valence-corrected chi connectivity index (χ4v) is 2.37. The Morgan fingerprint density at radius 3 is 2.76 bits per heavy atom. The highest BCUT2D eigenvalue weighted by Gasteiger charge is 2.28. The number of hydrogen-bond donors (Lipinski definition) is 2. The Morgan fingerprint density at radius 1 is 1.29 bits per heavy atom. The molecular formula is C14H17N3O4. The monoisotopic (exact) mass is 291 g/mol. The number of hydrogen-bond acceptors (Lipinski definition) is 7. The Bertz CT molecular complexity index is 628. The second-order valence-corrected chi connectivity index (χ2v) is 4.88. The average molecular weight is 291 g/mol. The summed E-state index contributed by atoms with van der Waals surface area (Å²) in [5.74, 6) is 2.21. The maximum atomic E-state index is 9.53. The lowest BCUT2D eigenvalue weighted by Crippen LogP contribution is -2.15. The van der Waals surface area contributed by atoms with Gasteiger partial charge in [0.2, 0.25) is 11.7 Å².